The van der Waals surface area contributed by atoms with Gasteiger partial charge in [0.15, 0.2) is 0 Å². The molecule has 1 nitrogen and oxygen atoms in total. The van der Waals surface area contributed by atoms with Crippen molar-refractivity contribution in [3.8, 4) is 0 Å². The Hall–Kier alpha value is -0.840. The minimum absolute atomic E-state index is 0.00606. The van der Waals surface area contributed by atoms with Crippen molar-refractivity contribution >= 4 is 38.5 Å². The first-order chi connectivity index (χ1) is 13.8. The van der Waals surface area contributed by atoms with E-state index in [1.54, 1.807) is 11.8 Å². The molecule has 150 valence electrons. The van der Waals surface area contributed by atoms with Crippen molar-refractivity contribution in [1.29, 1.82) is 0 Å². The number of hydrogen-bond donors (Lipinski definition) is 0. The number of hydrogen-bond acceptors (Lipinski definition) is 4. The maximum Gasteiger partial charge on any atom is 0.206 e. The van der Waals surface area contributed by atoms with Gasteiger partial charge in [0.05, 0.1) is 5.92 Å². The standard InChI is InChI=1S/C24H30OS3/c1-2-3-16-22(24(25)28-27-20-14-8-5-9-15-20)21-17-10-11-18-23(21)26-19-12-6-4-7-13-19/h4,6-7,10-13,17-18,20,22H,2-3,5,8-9,14-16H2,1H3. The second kappa shape index (κ2) is 12.0. The van der Waals surface area contributed by atoms with Gasteiger partial charge in [0.1, 0.15) is 0 Å². The van der Waals surface area contributed by atoms with Crippen LogP contribution < -0.4 is 0 Å². The Bertz CT molecular complexity index is 726. The van der Waals surface area contributed by atoms with Crippen LogP contribution in [0.25, 0.3) is 0 Å². The first-order valence-corrected chi connectivity index (χ1v) is 13.5. The number of carbonyl (C=O) groups is 1. The minimum atomic E-state index is -0.00606. The predicted octanol–water partition coefficient (Wildman–Crippen LogP) is 8.35. The molecule has 1 unspecified atom stereocenters. The number of carbonyl (C=O) groups excluding carboxylic acids is 1. The van der Waals surface area contributed by atoms with Crippen LogP contribution >= 0.6 is 33.3 Å². The topological polar surface area (TPSA) is 17.1 Å². The fourth-order valence-corrected chi connectivity index (χ4v) is 7.38. The largest absolute Gasteiger partial charge is 0.286 e. The molecule has 1 fully saturated rings. The van der Waals surface area contributed by atoms with Crippen molar-refractivity contribution in [3.05, 3.63) is 60.2 Å². The van der Waals surface area contributed by atoms with E-state index in [1.807, 2.05) is 16.9 Å². The summed E-state index contributed by atoms with van der Waals surface area (Å²) in [5, 5.41) is 0.994. The molecule has 0 radical (unpaired) electrons. The van der Waals surface area contributed by atoms with Gasteiger partial charge in [0.25, 0.3) is 0 Å². The first-order valence-electron chi connectivity index (χ1n) is 10.5. The quantitative estimate of drug-likeness (QED) is 0.371. The van der Waals surface area contributed by atoms with Crippen LogP contribution in [0, 0.1) is 0 Å². The lowest BCUT2D eigenvalue weighted by atomic mass is 9.95. The third-order valence-electron chi connectivity index (χ3n) is 5.21. The molecule has 3 rings (SSSR count). The highest BCUT2D eigenvalue weighted by molar-refractivity contribution is 8.82. The maximum absolute atomic E-state index is 13.2. The summed E-state index contributed by atoms with van der Waals surface area (Å²) < 4.78 is 0. The third-order valence-corrected chi connectivity index (χ3v) is 9.20. The molecule has 2 aromatic carbocycles. The van der Waals surface area contributed by atoms with Crippen molar-refractivity contribution < 1.29 is 4.79 Å². The summed E-state index contributed by atoms with van der Waals surface area (Å²) in [5.41, 5.74) is 1.20. The van der Waals surface area contributed by atoms with Crippen LogP contribution in [-0.2, 0) is 4.79 Å². The summed E-state index contributed by atoms with van der Waals surface area (Å²) in [5.74, 6) is -0.00606. The Morgan fingerprint density at radius 1 is 1.00 bits per heavy atom. The van der Waals surface area contributed by atoms with Crippen molar-refractivity contribution in [2.24, 2.45) is 0 Å². The molecular weight excluding hydrogens is 400 g/mol. The molecule has 2 aromatic rings. The van der Waals surface area contributed by atoms with Gasteiger partial charge in [-0.15, -0.1) is 0 Å². The molecule has 1 atom stereocenters. The molecule has 0 spiro atoms. The summed E-state index contributed by atoms with van der Waals surface area (Å²) in [6, 6.07) is 18.9. The van der Waals surface area contributed by atoms with Gasteiger partial charge in [0.2, 0.25) is 5.12 Å². The molecular formula is C24H30OS3. The number of benzene rings is 2. The van der Waals surface area contributed by atoms with E-state index < -0.39 is 0 Å². The van der Waals surface area contributed by atoms with E-state index in [4.69, 9.17) is 0 Å². The summed E-state index contributed by atoms with van der Waals surface area (Å²) in [7, 11) is 3.35. The van der Waals surface area contributed by atoms with E-state index in [0.29, 0.717) is 10.4 Å². The third kappa shape index (κ3) is 6.60. The van der Waals surface area contributed by atoms with Gasteiger partial charge < -0.3 is 0 Å². The number of unbranched alkanes of at least 4 members (excludes halogenated alkanes) is 1. The Labute approximate surface area is 182 Å². The second-order valence-electron chi connectivity index (χ2n) is 7.41. The molecule has 0 bridgehead atoms. The molecule has 0 N–H and O–H groups in total. The van der Waals surface area contributed by atoms with Crippen LogP contribution in [-0.4, -0.2) is 10.4 Å². The number of rotatable bonds is 9. The molecule has 0 aromatic heterocycles. The molecule has 1 aliphatic rings. The van der Waals surface area contributed by atoms with Gasteiger partial charge in [0, 0.05) is 15.0 Å². The van der Waals surface area contributed by atoms with Crippen LogP contribution in [0.4, 0.5) is 0 Å². The zero-order valence-electron chi connectivity index (χ0n) is 16.6. The normalized spacial score (nSPS) is 16.0. The highest BCUT2D eigenvalue weighted by atomic mass is 33.1. The Balaban J connectivity index is 1.73. The summed E-state index contributed by atoms with van der Waals surface area (Å²) in [4.78, 5) is 15.7. The van der Waals surface area contributed by atoms with Crippen molar-refractivity contribution in [2.75, 3.05) is 0 Å². The van der Waals surface area contributed by atoms with E-state index in [-0.39, 0.29) is 5.92 Å². The molecule has 1 aliphatic carbocycles. The van der Waals surface area contributed by atoms with Gasteiger partial charge in [-0.3, -0.25) is 4.79 Å². The molecule has 0 heterocycles. The first kappa shape index (κ1) is 21.9. The van der Waals surface area contributed by atoms with Gasteiger partial charge in [-0.1, -0.05) is 98.0 Å². The van der Waals surface area contributed by atoms with Crippen molar-refractivity contribution in [3.63, 3.8) is 0 Å². The average molecular weight is 431 g/mol. The molecule has 0 saturated heterocycles. The Morgan fingerprint density at radius 2 is 1.71 bits per heavy atom. The highest BCUT2D eigenvalue weighted by Crippen LogP contribution is 2.43. The van der Waals surface area contributed by atoms with Crippen molar-refractivity contribution in [2.45, 2.75) is 79.2 Å². The van der Waals surface area contributed by atoms with E-state index in [0.717, 1.165) is 19.3 Å². The average Bonchev–Trinajstić information content (AvgIpc) is 2.75. The summed E-state index contributed by atoms with van der Waals surface area (Å²) >= 11 is 1.77. The van der Waals surface area contributed by atoms with Crippen LogP contribution in [0.2, 0.25) is 0 Å². The summed E-state index contributed by atoms with van der Waals surface area (Å²) in [6.07, 6.45) is 9.70. The SMILES string of the molecule is CCCCC(C(=O)SSC1CCCCC1)c1ccccc1Sc1ccccc1. The monoisotopic (exact) mass is 430 g/mol. The lowest BCUT2D eigenvalue weighted by molar-refractivity contribution is -0.112. The zero-order chi connectivity index (χ0) is 19.6. The van der Waals surface area contributed by atoms with E-state index >= 15 is 0 Å². The Morgan fingerprint density at radius 3 is 2.46 bits per heavy atom. The van der Waals surface area contributed by atoms with Crippen LogP contribution in [0.5, 0.6) is 0 Å². The summed E-state index contributed by atoms with van der Waals surface area (Å²) in [6.45, 7) is 2.20. The van der Waals surface area contributed by atoms with Crippen LogP contribution in [0.3, 0.4) is 0 Å². The molecule has 28 heavy (non-hydrogen) atoms. The van der Waals surface area contributed by atoms with Crippen molar-refractivity contribution in [1.82, 2.24) is 0 Å². The van der Waals surface area contributed by atoms with Gasteiger partial charge in [-0.25, -0.2) is 0 Å². The fraction of sp³-hybridized carbons (Fsp3) is 0.458. The van der Waals surface area contributed by atoms with Gasteiger partial charge in [-0.05, 0) is 53.8 Å². The molecule has 0 aliphatic heterocycles. The molecule has 0 amide bonds. The minimum Gasteiger partial charge on any atom is -0.286 e. The zero-order valence-corrected chi connectivity index (χ0v) is 19.1. The second-order valence-corrected chi connectivity index (χ2v) is 11.0. The van der Waals surface area contributed by atoms with E-state index in [2.05, 4.69) is 55.5 Å². The maximum atomic E-state index is 13.2. The van der Waals surface area contributed by atoms with Crippen LogP contribution in [0.1, 0.15) is 69.8 Å². The molecule has 1 saturated carbocycles. The molecule has 4 heteroatoms. The fourth-order valence-electron chi connectivity index (χ4n) is 3.62. The van der Waals surface area contributed by atoms with E-state index in [1.165, 1.54) is 58.3 Å². The van der Waals surface area contributed by atoms with E-state index in [9.17, 15) is 4.79 Å². The highest BCUT2D eigenvalue weighted by Gasteiger charge is 2.25. The van der Waals surface area contributed by atoms with Crippen LogP contribution in [0.15, 0.2) is 64.4 Å². The van der Waals surface area contributed by atoms with Gasteiger partial charge >= 0.3 is 0 Å². The Kier molecular flexibility index (Phi) is 9.36. The lowest BCUT2D eigenvalue weighted by Crippen LogP contribution is -2.12. The lowest BCUT2D eigenvalue weighted by Gasteiger charge is -2.22. The predicted molar refractivity (Wildman–Crippen MR) is 126 cm³/mol. The smallest absolute Gasteiger partial charge is 0.206 e. The van der Waals surface area contributed by atoms with Gasteiger partial charge in [-0.2, -0.15) is 0 Å².